The number of carbonyl (C=O) groups is 2. The van der Waals surface area contributed by atoms with E-state index in [1.807, 2.05) is 30.3 Å². The van der Waals surface area contributed by atoms with Crippen LogP contribution < -0.4 is 5.43 Å². The van der Waals surface area contributed by atoms with Crippen LogP contribution in [0.25, 0.3) is 10.9 Å². The smallest absolute Gasteiger partial charge is 0.410 e. The van der Waals surface area contributed by atoms with Gasteiger partial charge in [-0.1, -0.05) is 24.3 Å². The number of carbonyl (C=O) groups excluding carboxylic acids is 2. The molecular formula is C20H24N4O3. The first-order valence-electron chi connectivity index (χ1n) is 9.01. The standard InChI is InChI=1S/C20H24N4O3/c1-20(2,3)27-19(26)24-12-6-10-16(24)18(25)23-22-13-15-8-4-7-14-9-5-11-21-17(14)15/h4-5,7-9,11,13,16H,6,10,12H2,1-3H3,(H,23,25)/t16-/m0/s1. The predicted octanol–water partition coefficient (Wildman–Crippen LogP) is 3.08. The molecule has 0 unspecified atom stereocenters. The topological polar surface area (TPSA) is 83.9 Å². The molecule has 1 fully saturated rings. The van der Waals surface area contributed by atoms with Gasteiger partial charge in [0.25, 0.3) is 5.91 Å². The predicted molar refractivity (Wildman–Crippen MR) is 103 cm³/mol. The fourth-order valence-electron chi connectivity index (χ4n) is 3.05. The molecule has 27 heavy (non-hydrogen) atoms. The maximum Gasteiger partial charge on any atom is 0.410 e. The van der Waals surface area contributed by atoms with Gasteiger partial charge in [0.1, 0.15) is 11.6 Å². The molecule has 2 aromatic rings. The Morgan fingerprint density at radius 1 is 1.30 bits per heavy atom. The molecule has 3 rings (SSSR count). The Bertz CT molecular complexity index is 868. The lowest BCUT2D eigenvalue weighted by molar-refractivity contribution is -0.125. The quantitative estimate of drug-likeness (QED) is 0.666. The number of hydrazone groups is 1. The molecule has 0 radical (unpaired) electrons. The average molecular weight is 368 g/mol. The Labute approximate surface area is 158 Å². The van der Waals surface area contributed by atoms with E-state index in [0.29, 0.717) is 13.0 Å². The highest BCUT2D eigenvalue weighted by molar-refractivity contribution is 5.97. The second kappa shape index (κ2) is 7.73. The van der Waals surface area contributed by atoms with Crippen molar-refractivity contribution in [2.75, 3.05) is 6.54 Å². The van der Waals surface area contributed by atoms with Crippen molar-refractivity contribution in [3.05, 3.63) is 42.1 Å². The number of nitrogens with zero attached hydrogens (tertiary/aromatic N) is 3. The minimum atomic E-state index is -0.597. The Morgan fingerprint density at radius 3 is 2.85 bits per heavy atom. The maximum atomic E-state index is 12.5. The summed E-state index contributed by atoms with van der Waals surface area (Å²) < 4.78 is 5.38. The third-order valence-electron chi connectivity index (χ3n) is 4.23. The van der Waals surface area contributed by atoms with Gasteiger partial charge in [0.2, 0.25) is 0 Å². The van der Waals surface area contributed by atoms with E-state index in [1.54, 1.807) is 33.2 Å². The molecular weight excluding hydrogens is 344 g/mol. The van der Waals surface area contributed by atoms with Crippen LogP contribution in [0.4, 0.5) is 4.79 Å². The molecule has 0 bridgehead atoms. The number of aromatic nitrogens is 1. The van der Waals surface area contributed by atoms with E-state index in [-0.39, 0.29) is 5.91 Å². The van der Waals surface area contributed by atoms with Gasteiger partial charge in [-0.05, 0) is 39.7 Å². The van der Waals surface area contributed by atoms with Crippen molar-refractivity contribution in [2.24, 2.45) is 5.10 Å². The number of hydrogen-bond donors (Lipinski definition) is 1. The van der Waals surface area contributed by atoms with E-state index in [0.717, 1.165) is 22.9 Å². The van der Waals surface area contributed by atoms with Gasteiger partial charge in [-0.2, -0.15) is 5.10 Å². The van der Waals surface area contributed by atoms with Gasteiger partial charge < -0.3 is 4.74 Å². The zero-order chi connectivity index (χ0) is 19.4. The average Bonchev–Trinajstić information content (AvgIpc) is 3.10. The van der Waals surface area contributed by atoms with E-state index in [1.165, 1.54) is 4.90 Å². The number of fused-ring (bicyclic) bond motifs is 1. The van der Waals surface area contributed by atoms with E-state index < -0.39 is 17.7 Å². The summed E-state index contributed by atoms with van der Waals surface area (Å²) in [5, 5.41) is 5.06. The van der Waals surface area contributed by atoms with Crippen LogP contribution in [0.15, 0.2) is 41.6 Å². The molecule has 1 aromatic heterocycles. The van der Waals surface area contributed by atoms with E-state index in [4.69, 9.17) is 4.74 Å². The van der Waals surface area contributed by atoms with Crippen LogP contribution in [0.2, 0.25) is 0 Å². The molecule has 1 aliphatic heterocycles. The lowest BCUT2D eigenvalue weighted by Gasteiger charge is -2.27. The van der Waals surface area contributed by atoms with Crippen molar-refractivity contribution in [3.63, 3.8) is 0 Å². The van der Waals surface area contributed by atoms with Gasteiger partial charge in [0.05, 0.1) is 11.7 Å². The third-order valence-corrected chi connectivity index (χ3v) is 4.23. The number of amides is 2. The summed E-state index contributed by atoms with van der Waals surface area (Å²) in [5.41, 5.74) is 3.56. The summed E-state index contributed by atoms with van der Waals surface area (Å²) in [4.78, 5) is 30.6. The number of ether oxygens (including phenoxy) is 1. The number of rotatable bonds is 3. The lowest BCUT2D eigenvalue weighted by atomic mass is 10.1. The highest BCUT2D eigenvalue weighted by Crippen LogP contribution is 2.21. The number of likely N-dealkylation sites (tertiary alicyclic amines) is 1. The van der Waals surface area contributed by atoms with E-state index >= 15 is 0 Å². The zero-order valence-electron chi connectivity index (χ0n) is 15.8. The first-order valence-corrected chi connectivity index (χ1v) is 9.01. The molecule has 0 spiro atoms. The zero-order valence-corrected chi connectivity index (χ0v) is 15.8. The third kappa shape index (κ3) is 4.61. The Hall–Kier alpha value is -2.96. The maximum absolute atomic E-state index is 12.5. The molecule has 0 aliphatic carbocycles. The highest BCUT2D eigenvalue weighted by atomic mass is 16.6. The molecule has 7 heteroatoms. The molecule has 0 saturated carbocycles. The number of hydrogen-bond acceptors (Lipinski definition) is 5. The van der Waals surface area contributed by atoms with Gasteiger partial charge in [-0.3, -0.25) is 14.7 Å². The summed E-state index contributed by atoms with van der Waals surface area (Å²) in [6.45, 7) is 5.92. The van der Waals surface area contributed by atoms with Gasteiger partial charge in [-0.25, -0.2) is 10.2 Å². The van der Waals surface area contributed by atoms with Gasteiger partial charge in [-0.15, -0.1) is 0 Å². The Kier molecular flexibility index (Phi) is 5.39. The van der Waals surface area contributed by atoms with Crippen LogP contribution in [-0.4, -0.2) is 46.3 Å². The number of benzene rings is 1. The minimum Gasteiger partial charge on any atom is -0.444 e. The van der Waals surface area contributed by atoms with Crippen molar-refractivity contribution in [3.8, 4) is 0 Å². The van der Waals surface area contributed by atoms with Gasteiger partial charge in [0.15, 0.2) is 0 Å². The Morgan fingerprint density at radius 2 is 2.07 bits per heavy atom. The molecule has 1 aliphatic rings. The van der Waals surface area contributed by atoms with Crippen LogP contribution in [0.5, 0.6) is 0 Å². The molecule has 2 heterocycles. The van der Waals surface area contributed by atoms with Crippen LogP contribution in [-0.2, 0) is 9.53 Å². The van der Waals surface area contributed by atoms with Gasteiger partial charge >= 0.3 is 6.09 Å². The second-order valence-corrected chi connectivity index (χ2v) is 7.49. The molecule has 1 atom stereocenters. The van der Waals surface area contributed by atoms with E-state index in [9.17, 15) is 9.59 Å². The molecule has 7 nitrogen and oxygen atoms in total. The lowest BCUT2D eigenvalue weighted by Crippen LogP contribution is -2.46. The Balaban J connectivity index is 1.66. The SMILES string of the molecule is CC(C)(C)OC(=O)N1CCC[C@H]1C(=O)NN=Cc1cccc2cccnc12. The van der Waals surface area contributed by atoms with E-state index in [2.05, 4.69) is 15.5 Å². The first kappa shape index (κ1) is 18.8. The molecule has 1 N–H and O–H groups in total. The summed E-state index contributed by atoms with van der Waals surface area (Å²) >= 11 is 0. The minimum absolute atomic E-state index is 0.317. The highest BCUT2D eigenvalue weighted by Gasteiger charge is 2.36. The van der Waals surface area contributed by atoms with Crippen molar-refractivity contribution >= 4 is 29.1 Å². The van der Waals surface area contributed by atoms with Crippen molar-refractivity contribution in [2.45, 2.75) is 45.3 Å². The summed E-state index contributed by atoms with van der Waals surface area (Å²) in [6, 6.07) is 9.03. The van der Waals surface area contributed by atoms with Gasteiger partial charge in [0, 0.05) is 23.7 Å². The van der Waals surface area contributed by atoms with Crippen molar-refractivity contribution in [1.82, 2.24) is 15.3 Å². The van der Waals surface area contributed by atoms with Crippen LogP contribution in [0.3, 0.4) is 0 Å². The molecule has 2 amide bonds. The first-order chi connectivity index (χ1) is 12.8. The molecule has 1 saturated heterocycles. The van der Waals surface area contributed by atoms with Crippen LogP contribution in [0.1, 0.15) is 39.2 Å². The van der Waals surface area contributed by atoms with Crippen molar-refractivity contribution < 1.29 is 14.3 Å². The number of pyridine rings is 1. The summed E-state index contributed by atoms with van der Waals surface area (Å²) in [6.07, 6.45) is 4.17. The second-order valence-electron chi connectivity index (χ2n) is 7.49. The molecule has 142 valence electrons. The summed E-state index contributed by atoms with van der Waals surface area (Å²) in [5.74, 6) is -0.317. The summed E-state index contributed by atoms with van der Waals surface area (Å²) in [7, 11) is 0. The van der Waals surface area contributed by atoms with Crippen molar-refractivity contribution in [1.29, 1.82) is 0 Å². The normalized spacial score (nSPS) is 17.4. The van der Waals surface area contributed by atoms with Crippen LogP contribution in [0, 0.1) is 0 Å². The number of para-hydroxylation sites is 1. The molecule has 1 aromatic carbocycles. The largest absolute Gasteiger partial charge is 0.444 e. The van der Waals surface area contributed by atoms with Crippen LogP contribution >= 0.6 is 0 Å². The fraction of sp³-hybridized carbons (Fsp3) is 0.400. The fourth-order valence-corrected chi connectivity index (χ4v) is 3.05. The monoisotopic (exact) mass is 368 g/mol. The number of nitrogens with one attached hydrogen (secondary N) is 1.